The lowest BCUT2D eigenvalue weighted by molar-refractivity contribution is 0.730. The molecule has 1 aromatic carbocycles. The molecule has 5 heteroatoms. The second kappa shape index (κ2) is 7.03. The third-order valence-corrected chi connectivity index (χ3v) is 4.53. The molecule has 2 rings (SSSR count). The zero-order chi connectivity index (χ0) is 13.7. The third kappa shape index (κ3) is 4.60. The normalized spacial score (nSPS) is 12.4. The van der Waals surface area contributed by atoms with Crippen LogP contribution in [0.15, 0.2) is 46.0 Å². The first kappa shape index (κ1) is 14.5. The van der Waals surface area contributed by atoms with Crippen LogP contribution in [-0.4, -0.2) is 16.0 Å². The summed E-state index contributed by atoms with van der Waals surface area (Å²) in [7, 11) is 0. The van der Waals surface area contributed by atoms with Crippen molar-refractivity contribution in [1.82, 2.24) is 9.97 Å². The van der Waals surface area contributed by atoms with Crippen LogP contribution in [0.3, 0.4) is 0 Å². The number of benzene rings is 1. The van der Waals surface area contributed by atoms with Gasteiger partial charge in [0.1, 0.15) is 5.82 Å². The molecule has 100 valence electrons. The fourth-order valence-electron chi connectivity index (χ4n) is 1.64. The predicted octanol–water partition coefficient (Wildman–Crippen LogP) is 3.42. The number of rotatable bonds is 5. The maximum Gasteiger partial charge on any atom is 0.138 e. The zero-order valence-corrected chi connectivity index (χ0v) is 13.1. The maximum atomic E-state index is 5.75. The SMILES string of the molecule is CC(N)Cc1cnc(CSc2ccccc2Br)nc1. The zero-order valence-electron chi connectivity index (χ0n) is 10.7. The molecule has 0 aliphatic heterocycles. The fraction of sp³-hybridized carbons (Fsp3) is 0.286. The molecular formula is C14H16BrN3S. The van der Waals surface area contributed by atoms with Gasteiger partial charge in [-0.25, -0.2) is 9.97 Å². The third-order valence-electron chi connectivity index (χ3n) is 2.51. The summed E-state index contributed by atoms with van der Waals surface area (Å²) in [5, 5.41) is 0. The Morgan fingerprint density at radius 2 is 1.95 bits per heavy atom. The Labute approximate surface area is 126 Å². The molecule has 3 nitrogen and oxygen atoms in total. The van der Waals surface area contributed by atoms with Crippen LogP contribution in [0.5, 0.6) is 0 Å². The van der Waals surface area contributed by atoms with E-state index in [9.17, 15) is 0 Å². The Balaban J connectivity index is 1.95. The minimum Gasteiger partial charge on any atom is -0.328 e. The van der Waals surface area contributed by atoms with Gasteiger partial charge in [-0.3, -0.25) is 0 Å². The first-order chi connectivity index (χ1) is 9.15. The molecule has 1 aromatic heterocycles. The maximum absolute atomic E-state index is 5.75. The van der Waals surface area contributed by atoms with Crippen LogP contribution < -0.4 is 5.73 Å². The molecule has 0 saturated carbocycles. The summed E-state index contributed by atoms with van der Waals surface area (Å²) in [6.45, 7) is 1.98. The average molecular weight is 338 g/mol. The number of hydrogen-bond acceptors (Lipinski definition) is 4. The second-order valence-corrected chi connectivity index (χ2v) is 6.28. The van der Waals surface area contributed by atoms with Gasteiger partial charge in [0, 0.05) is 27.8 Å². The van der Waals surface area contributed by atoms with Gasteiger partial charge in [0.15, 0.2) is 0 Å². The summed E-state index contributed by atoms with van der Waals surface area (Å²) in [6.07, 6.45) is 4.55. The van der Waals surface area contributed by atoms with Crippen molar-refractivity contribution in [2.75, 3.05) is 0 Å². The van der Waals surface area contributed by atoms with Crippen LogP contribution in [-0.2, 0) is 12.2 Å². The van der Waals surface area contributed by atoms with E-state index in [0.717, 1.165) is 28.0 Å². The second-order valence-electron chi connectivity index (χ2n) is 4.41. The lowest BCUT2D eigenvalue weighted by Gasteiger charge is -2.06. The Bertz CT molecular complexity index is 528. The van der Waals surface area contributed by atoms with Gasteiger partial charge in [-0.15, -0.1) is 11.8 Å². The van der Waals surface area contributed by atoms with Crippen molar-refractivity contribution < 1.29 is 0 Å². The van der Waals surface area contributed by atoms with E-state index in [1.165, 1.54) is 4.90 Å². The van der Waals surface area contributed by atoms with Crippen molar-refractivity contribution in [3.05, 3.63) is 52.5 Å². The van der Waals surface area contributed by atoms with E-state index in [-0.39, 0.29) is 6.04 Å². The van der Waals surface area contributed by atoms with E-state index in [2.05, 4.69) is 32.0 Å². The molecule has 2 N–H and O–H groups in total. The number of aromatic nitrogens is 2. The molecule has 0 radical (unpaired) electrons. The number of nitrogens with two attached hydrogens (primary N) is 1. The van der Waals surface area contributed by atoms with Gasteiger partial charge in [-0.1, -0.05) is 12.1 Å². The molecule has 1 atom stereocenters. The number of nitrogens with zero attached hydrogens (tertiary/aromatic N) is 2. The summed E-state index contributed by atoms with van der Waals surface area (Å²) in [6, 6.07) is 8.30. The summed E-state index contributed by atoms with van der Waals surface area (Å²) in [5.41, 5.74) is 6.84. The van der Waals surface area contributed by atoms with E-state index in [1.54, 1.807) is 11.8 Å². The summed E-state index contributed by atoms with van der Waals surface area (Å²) in [5.74, 6) is 1.61. The molecule has 2 aromatic rings. The van der Waals surface area contributed by atoms with Crippen molar-refractivity contribution in [2.45, 2.75) is 30.0 Å². The standard InChI is InChI=1S/C14H16BrN3S/c1-10(16)6-11-7-17-14(18-8-11)9-19-13-5-3-2-4-12(13)15/h2-5,7-8,10H,6,9,16H2,1H3. The van der Waals surface area contributed by atoms with Crippen molar-refractivity contribution in [3.8, 4) is 0 Å². The van der Waals surface area contributed by atoms with E-state index < -0.39 is 0 Å². The van der Waals surface area contributed by atoms with Crippen LogP contribution in [0.1, 0.15) is 18.3 Å². The minimum atomic E-state index is 0.143. The fourth-order valence-corrected chi connectivity index (χ4v) is 3.08. The van der Waals surface area contributed by atoms with Gasteiger partial charge in [-0.05, 0) is 47.0 Å². The molecule has 19 heavy (non-hydrogen) atoms. The van der Waals surface area contributed by atoms with Crippen LogP contribution in [0.4, 0.5) is 0 Å². The Kier molecular flexibility index (Phi) is 5.36. The topological polar surface area (TPSA) is 51.8 Å². The van der Waals surface area contributed by atoms with Gasteiger partial charge < -0.3 is 5.73 Å². The monoisotopic (exact) mass is 337 g/mol. The highest BCUT2D eigenvalue weighted by Crippen LogP contribution is 2.28. The average Bonchev–Trinajstić information content (AvgIpc) is 2.39. The molecule has 0 bridgehead atoms. The van der Waals surface area contributed by atoms with Gasteiger partial charge in [0.25, 0.3) is 0 Å². The Morgan fingerprint density at radius 3 is 2.58 bits per heavy atom. The van der Waals surface area contributed by atoms with Gasteiger partial charge in [0.05, 0.1) is 5.75 Å². The largest absolute Gasteiger partial charge is 0.328 e. The van der Waals surface area contributed by atoms with Crippen LogP contribution in [0.2, 0.25) is 0 Å². The van der Waals surface area contributed by atoms with Gasteiger partial charge in [-0.2, -0.15) is 0 Å². The summed E-state index contributed by atoms with van der Waals surface area (Å²) >= 11 is 5.26. The lowest BCUT2D eigenvalue weighted by Crippen LogP contribution is -2.18. The highest BCUT2D eigenvalue weighted by molar-refractivity contribution is 9.10. The summed E-state index contributed by atoms with van der Waals surface area (Å²) < 4.78 is 1.11. The minimum absolute atomic E-state index is 0.143. The molecule has 1 unspecified atom stereocenters. The van der Waals surface area contributed by atoms with E-state index >= 15 is 0 Å². The molecule has 0 spiro atoms. The van der Waals surface area contributed by atoms with Crippen molar-refractivity contribution in [2.24, 2.45) is 5.73 Å². The highest BCUT2D eigenvalue weighted by atomic mass is 79.9. The summed E-state index contributed by atoms with van der Waals surface area (Å²) in [4.78, 5) is 9.95. The number of thioether (sulfide) groups is 1. The molecule has 0 saturated heterocycles. The van der Waals surface area contributed by atoms with Crippen LogP contribution in [0.25, 0.3) is 0 Å². The molecule has 0 aliphatic rings. The Morgan fingerprint density at radius 1 is 1.26 bits per heavy atom. The van der Waals surface area contributed by atoms with E-state index in [0.29, 0.717) is 0 Å². The smallest absolute Gasteiger partial charge is 0.138 e. The highest BCUT2D eigenvalue weighted by Gasteiger charge is 2.03. The van der Waals surface area contributed by atoms with Crippen molar-refractivity contribution >= 4 is 27.7 Å². The lowest BCUT2D eigenvalue weighted by atomic mass is 10.1. The molecule has 0 fully saturated rings. The van der Waals surface area contributed by atoms with Crippen molar-refractivity contribution in [3.63, 3.8) is 0 Å². The first-order valence-electron chi connectivity index (χ1n) is 6.08. The predicted molar refractivity (Wildman–Crippen MR) is 83.1 cm³/mol. The quantitative estimate of drug-likeness (QED) is 0.849. The van der Waals surface area contributed by atoms with Crippen molar-refractivity contribution in [1.29, 1.82) is 0 Å². The Hall–Kier alpha value is -0.910. The van der Waals surface area contributed by atoms with Gasteiger partial charge in [0.2, 0.25) is 0 Å². The van der Waals surface area contributed by atoms with Crippen LogP contribution >= 0.6 is 27.7 Å². The number of hydrogen-bond donors (Lipinski definition) is 1. The molecule has 0 amide bonds. The van der Waals surface area contributed by atoms with E-state index in [1.807, 2.05) is 37.5 Å². The van der Waals surface area contributed by atoms with E-state index in [4.69, 9.17) is 5.73 Å². The van der Waals surface area contributed by atoms with Crippen LogP contribution in [0, 0.1) is 0 Å². The number of halogens is 1. The first-order valence-corrected chi connectivity index (χ1v) is 7.85. The van der Waals surface area contributed by atoms with Gasteiger partial charge >= 0.3 is 0 Å². The molecular weight excluding hydrogens is 322 g/mol. The molecule has 0 aliphatic carbocycles. The molecule has 1 heterocycles.